The zero-order valence-electron chi connectivity index (χ0n) is 16.1. The van der Waals surface area contributed by atoms with Gasteiger partial charge in [-0.25, -0.2) is 4.98 Å². The lowest BCUT2D eigenvalue weighted by Gasteiger charge is -2.20. The summed E-state index contributed by atoms with van der Waals surface area (Å²) in [6.07, 6.45) is 1.60. The van der Waals surface area contributed by atoms with E-state index in [1.165, 1.54) is 4.68 Å². The van der Waals surface area contributed by atoms with Gasteiger partial charge < -0.3 is 4.74 Å². The van der Waals surface area contributed by atoms with Gasteiger partial charge in [-0.1, -0.05) is 36.7 Å². The van der Waals surface area contributed by atoms with Crippen molar-refractivity contribution in [3.8, 4) is 11.8 Å². The third-order valence-electron chi connectivity index (χ3n) is 4.05. The van der Waals surface area contributed by atoms with Gasteiger partial charge in [-0.15, -0.1) is 0 Å². The Morgan fingerprint density at radius 3 is 2.66 bits per heavy atom. The summed E-state index contributed by atoms with van der Waals surface area (Å²) in [5.41, 5.74) is 0.789. The number of halogens is 2. The maximum atomic E-state index is 13.1. The second kappa shape index (κ2) is 8.47. The molecule has 0 aliphatic rings. The van der Waals surface area contributed by atoms with E-state index in [9.17, 15) is 4.79 Å². The van der Waals surface area contributed by atoms with E-state index in [0.717, 1.165) is 10.0 Å². The Balaban J connectivity index is 2.09. The van der Waals surface area contributed by atoms with Gasteiger partial charge in [0.2, 0.25) is 0 Å². The fraction of sp³-hybridized carbons (Fsp3) is 0.238. The standard InChI is InChI=1S/C21H18Br2N4O2/c1-21(2,3)20-26-17-6-5-14(22)11-15(17)19(28)27(20)25-12-13-4-7-18(16(23)10-13)29-9-8-24/h4-7,10-12H,9H2,1-3H3. The third kappa shape index (κ3) is 4.74. The van der Waals surface area contributed by atoms with Crippen LogP contribution < -0.4 is 10.3 Å². The van der Waals surface area contributed by atoms with Gasteiger partial charge in [0.15, 0.2) is 6.61 Å². The molecule has 0 fully saturated rings. The number of nitriles is 1. The molecular weight excluding hydrogens is 500 g/mol. The number of fused-ring (bicyclic) bond motifs is 1. The molecule has 1 heterocycles. The first kappa shape index (κ1) is 21.2. The number of hydrogen-bond acceptors (Lipinski definition) is 5. The third-order valence-corrected chi connectivity index (χ3v) is 5.16. The summed E-state index contributed by atoms with van der Waals surface area (Å²) in [7, 11) is 0. The number of nitrogens with zero attached hydrogens (tertiary/aromatic N) is 4. The lowest BCUT2D eigenvalue weighted by Crippen LogP contribution is -2.29. The van der Waals surface area contributed by atoms with Crippen molar-refractivity contribution in [2.45, 2.75) is 26.2 Å². The van der Waals surface area contributed by atoms with Crippen molar-refractivity contribution in [1.29, 1.82) is 5.26 Å². The van der Waals surface area contributed by atoms with E-state index in [1.54, 1.807) is 24.4 Å². The molecule has 1 aromatic heterocycles. The summed E-state index contributed by atoms with van der Waals surface area (Å²) in [6.45, 7) is 5.94. The number of hydrogen-bond donors (Lipinski definition) is 0. The molecule has 0 bridgehead atoms. The first-order valence-corrected chi connectivity index (χ1v) is 10.4. The Bertz CT molecular complexity index is 1200. The SMILES string of the molecule is CC(C)(C)c1nc2ccc(Br)cc2c(=O)n1N=Cc1ccc(OCC#N)c(Br)c1. The average molecular weight is 518 g/mol. The fourth-order valence-electron chi connectivity index (χ4n) is 2.69. The molecule has 0 unspecified atom stereocenters. The smallest absolute Gasteiger partial charge is 0.282 e. The molecule has 148 valence electrons. The van der Waals surface area contributed by atoms with Gasteiger partial charge in [0.05, 0.1) is 21.6 Å². The van der Waals surface area contributed by atoms with Crippen LogP contribution in [0.5, 0.6) is 5.75 Å². The van der Waals surface area contributed by atoms with Crippen LogP contribution in [0.3, 0.4) is 0 Å². The highest BCUT2D eigenvalue weighted by atomic mass is 79.9. The molecule has 2 aromatic carbocycles. The summed E-state index contributed by atoms with van der Waals surface area (Å²) in [6, 6.07) is 12.7. The summed E-state index contributed by atoms with van der Waals surface area (Å²) < 4.78 is 8.17. The van der Waals surface area contributed by atoms with Crippen LogP contribution in [0.25, 0.3) is 10.9 Å². The molecule has 0 saturated carbocycles. The van der Waals surface area contributed by atoms with Crippen molar-refractivity contribution in [2.24, 2.45) is 5.10 Å². The van der Waals surface area contributed by atoms with Crippen LogP contribution in [-0.2, 0) is 5.41 Å². The second-order valence-electron chi connectivity index (χ2n) is 7.35. The quantitative estimate of drug-likeness (QED) is 0.456. The molecule has 0 aliphatic heterocycles. The van der Waals surface area contributed by atoms with Crippen molar-refractivity contribution in [1.82, 2.24) is 9.66 Å². The molecule has 3 aromatic rings. The minimum absolute atomic E-state index is 0.0330. The van der Waals surface area contributed by atoms with Crippen LogP contribution in [0.1, 0.15) is 32.2 Å². The van der Waals surface area contributed by atoms with Crippen LogP contribution in [-0.4, -0.2) is 22.5 Å². The molecule has 0 atom stereocenters. The second-order valence-corrected chi connectivity index (χ2v) is 9.12. The molecular formula is C21H18Br2N4O2. The number of rotatable bonds is 4. The molecule has 6 nitrogen and oxygen atoms in total. The first-order chi connectivity index (χ1) is 13.7. The van der Waals surface area contributed by atoms with Gasteiger partial charge in [0, 0.05) is 9.89 Å². The number of ether oxygens (including phenoxy) is 1. The average Bonchev–Trinajstić information content (AvgIpc) is 2.66. The van der Waals surface area contributed by atoms with Gasteiger partial charge in [-0.05, 0) is 57.9 Å². The Labute approximate surface area is 185 Å². The minimum atomic E-state index is -0.382. The molecule has 0 N–H and O–H groups in total. The highest BCUT2D eigenvalue weighted by Crippen LogP contribution is 2.26. The number of aromatic nitrogens is 2. The van der Waals surface area contributed by atoms with E-state index in [4.69, 9.17) is 15.0 Å². The Hall–Kier alpha value is -2.50. The lowest BCUT2D eigenvalue weighted by molar-refractivity contribution is 0.366. The van der Waals surface area contributed by atoms with Crippen molar-refractivity contribution in [2.75, 3.05) is 6.61 Å². The van der Waals surface area contributed by atoms with Gasteiger partial charge in [0.1, 0.15) is 17.6 Å². The highest BCUT2D eigenvalue weighted by molar-refractivity contribution is 9.10. The zero-order valence-corrected chi connectivity index (χ0v) is 19.3. The van der Waals surface area contributed by atoms with Crippen molar-refractivity contribution < 1.29 is 4.74 Å². The minimum Gasteiger partial charge on any atom is -0.478 e. The zero-order chi connectivity index (χ0) is 21.2. The molecule has 0 saturated heterocycles. The topological polar surface area (TPSA) is 80.3 Å². The van der Waals surface area contributed by atoms with Crippen molar-refractivity contribution >= 4 is 49.0 Å². The highest BCUT2D eigenvalue weighted by Gasteiger charge is 2.22. The Morgan fingerprint density at radius 2 is 2.00 bits per heavy atom. The predicted octanol–water partition coefficient (Wildman–Crippen LogP) is 5.00. The monoisotopic (exact) mass is 516 g/mol. The van der Waals surface area contributed by atoms with E-state index < -0.39 is 0 Å². The fourth-order valence-corrected chi connectivity index (χ4v) is 3.56. The maximum Gasteiger partial charge on any atom is 0.282 e. The molecule has 29 heavy (non-hydrogen) atoms. The maximum absolute atomic E-state index is 13.1. The van der Waals surface area contributed by atoms with E-state index in [0.29, 0.717) is 26.9 Å². The summed E-state index contributed by atoms with van der Waals surface area (Å²) >= 11 is 6.83. The molecule has 3 rings (SSSR count). The lowest BCUT2D eigenvalue weighted by atomic mass is 9.95. The van der Waals surface area contributed by atoms with Gasteiger partial charge >= 0.3 is 0 Å². The van der Waals surface area contributed by atoms with E-state index in [2.05, 4.69) is 37.0 Å². The molecule has 0 amide bonds. The van der Waals surface area contributed by atoms with Crippen LogP contribution in [0.4, 0.5) is 0 Å². The van der Waals surface area contributed by atoms with Gasteiger partial charge in [0.25, 0.3) is 5.56 Å². The number of benzene rings is 2. The largest absolute Gasteiger partial charge is 0.478 e. The normalized spacial score (nSPS) is 11.7. The Kier molecular flexibility index (Phi) is 6.20. The Morgan fingerprint density at radius 1 is 1.24 bits per heavy atom. The van der Waals surface area contributed by atoms with Gasteiger partial charge in [-0.2, -0.15) is 15.0 Å². The van der Waals surface area contributed by atoms with E-state index in [-0.39, 0.29) is 17.6 Å². The predicted molar refractivity (Wildman–Crippen MR) is 121 cm³/mol. The van der Waals surface area contributed by atoms with Crippen LogP contribution in [0.15, 0.2) is 55.2 Å². The van der Waals surface area contributed by atoms with Crippen molar-refractivity contribution in [3.63, 3.8) is 0 Å². The summed E-state index contributed by atoms with van der Waals surface area (Å²) in [5, 5.41) is 13.6. The van der Waals surface area contributed by atoms with Crippen LogP contribution in [0, 0.1) is 11.3 Å². The molecule has 8 heteroatoms. The van der Waals surface area contributed by atoms with Gasteiger partial charge in [-0.3, -0.25) is 4.79 Å². The summed E-state index contributed by atoms with van der Waals surface area (Å²) in [5.74, 6) is 1.13. The molecule has 0 aliphatic carbocycles. The summed E-state index contributed by atoms with van der Waals surface area (Å²) in [4.78, 5) is 17.8. The van der Waals surface area contributed by atoms with Crippen LogP contribution >= 0.6 is 31.9 Å². The first-order valence-electron chi connectivity index (χ1n) is 8.77. The van der Waals surface area contributed by atoms with E-state index in [1.807, 2.05) is 45.0 Å². The molecule has 0 radical (unpaired) electrons. The van der Waals surface area contributed by atoms with Crippen molar-refractivity contribution in [3.05, 3.63) is 67.1 Å². The van der Waals surface area contributed by atoms with E-state index >= 15 is 0 Å². The molecule has 0 spiro atoms. The van der Waals surface area contributed by atoms with Crippen LogP contribution in [0.2, 0.25) is 0 Å².